The summed E-state index contributed by atoms with van der Waals surface area (Å²) >= 11 is 0. The smallest absolute Gasteiger partial charge is 0.223 e. The van der Waals surface area contributed by atoms with Crippen molar-refractivity contribution in [3.05, 3.63) is 71.8 Å². The largest absolute Gasteiger partial charge is 0.335 e. The maximum Gasteiger partial charge on any atom is 0.223 e. The molecule has 0 aromatic heterocycles. The van der Waals surface area contributed by atoms with Crippen LogP contribution in [-0.4, -0.2) is 30.4 Å². The van der Waals surface area contributed by atoms with Crippen LogP contribution < -0.4 is 5.32 Å². The fourth-order valence-electron chi connectivity index (χ4n) is 4.61. The molecule has 2 aromatic rings. The SMILES string of the molecule is Cl.O=C1CCC2(CCNCC2)CN1C(Cc1ccccc1)c1ccccc1. The van der Waals surface area contributed by atoms with E-state index in [1.54, 1.807) is 0 Å². The first kappa shape index (κ1) is 19.9. The van der Waals surface area contributed by atoms with Gasteiger partial charge in [0.05, 0.1) is 6.04 Å². The van der Waals surface area contributed by atoms with Crippen LogP contribution in [-0.2, 0) is 11.2 Å². The van der Waals surface area contributed by atoms with Crippen molar-refractivity contribution in [2.24, 2.45) is 5.41 Å². The van der Waals surface area contributed by atoms with E-state index in [4.69, 9.17) is 0 Å². The molecule has 1 atom stereocenters. The van der Waals surface area contributed by atoms with Crippen molar-refractivity contribution >= 4 is 18.3 Å². The zero-order valence-corrected chi connectivity index (χ0v) is 16.6. The molecule has 2 aliphatic heterocycles. The summed E-state index contributed by atoms with van der Waals surface area (Å²) < 4.78 is 0. The van der Waals surface area contributed by atoms with E-state index in [0.717, 1.165) is 32.5 Å². The van der Waals surface area contributed by atoms with Crippen molar-refractivity contribution in [1.82, 2.24) is 10.2 Å². The highest BCUT2D eigenvalue weighted by atomic mass is 35.5. The van der Waals surface area contributed by atoms with Crippen LogP contribution in [0.3, 0.4) is 0 Å². The summed E-state index contributed by atoms with van der Waals surface area (Å²) in [6, 6.07) is 21.3. The van der Waals surface area contributed by atoms with Crippen molar-refractivity contribution in [3.8, 4) is 0 Å². The lowest BCUT2D eigenvalue weighted by atomic mass is 9.72. The van der Waals surface area contributed by atoms with Gasteiger partial charge in [0.25, 0.3) is 0 Å². The van der Waals surface area contributed by atoms with Gasteiger partial charge in [0.15, 0.2) is 0 Å². The number of halogens is 1. The number of carbonyl (C=O) groups excluding carboxylic acids is 1. The minimum atomic E-state index is 0. The molecule has 144 valence electrons. The van der Waals surface area contributed by atoms with E-state index in [1.165, 1.54) is 24.0 Å². The molecule has 4 rings (SSSR count). The second-order valence-corrected chi connectivity index (χ2v) is 7.89. The van der Waals surface area contributed by atoms with Gasteiger partial charge in [-0.05, 0) is 55.3 Å². The van der Waals surface area contributed by atoms with E-state index in [0.29, 0.717) is 17.7 Å². The molecule has 3 nitrogen and oxygen atoms in total. The van der Waals surface area contributed by atoms with Crippen LogP contribution >= 0.6 is 12.4 Å². The number of hydrogen-bond acceptors (Lipinski definition) is 2. The topological polar surface area (TPSA) is 32.3 Å². The minimum absolute atomic E-state index is 0. The molecule has 1 spiro atoms. The van der Waals surface area contributed by atoms with Gasteiger partial charge in [-0.1, -0.05) is 60.7 Å². The van der Waals surface area contributed by atoms with Gasteiger partial charge >= 0.3 is 0 Å². The molecule has 1 amide bonds. The van der Waals surface area contributed by atoms with E-state index >= 15 is 0 Å². The number of likely N-dealkylation sites (tertiary alicyclic amines) is 1. The Kier molecular flexibility index (Phi) is 6.56. The van der Waals surface area contributed by atoms with Gasteiger partial charge < -0.3 is 10.2 Å². The summed E-state index contributed by atoms with van der Waals surface area (Å²) in [5, 5.41) is 3.48. The number of benzene rings is 2. The van der Waals surface area contributed by atoms with Crippen molar-refractivity contribution in [2.45, 2.75) is 38.1 Å². The molecule has 2 fully saturated rings. The van der Waals surface area contributed by atoms with Crippen LogP contribution in [0.15, 0.2) is 60.7 Å². The van der Waals surface area contributed by atoms with Crippen LogP contribution in [0, 0.1) is 5.41 Å². The molecule has 0 radical (unpaired) electrons. The van der Waals surface area contributed by atoms with Gasteiger partial charge in [0.1, 0.15) is 0 Å². The van der Waals surface area contributed by atoms with Gasteiger partial charge in [-0.3, -0.25) is 4.79 Å². The molecule has 0 saturated carbocycles. The van der Waals surface area contributed by atoms with Crippen LogP contribution in [0.1, 0.15) is 42.9 Å². The molecule has 27 heavy (non-hydrogen) atoms. The first-order valence-corrected chi connectivity index (χ1v) is 9.85. The monoisotopic (exact) mass is 384 g/mol. The molecule has 4 heteroatoms. The molecule has 2 aliphatic rings. The Morgan fingerprint density at radius 2 is 1.56 bits per heavy atom. The molecule has 2 saturated heterocycles. The van der Waals surface area contributed by atoms with Crippen LogP contribution in [0.25, 0.3) is 0 Å². The molecule has 1 unspecified atom stereocenters. The Morgan fingerprint density at radius 1 is 0.926 bits per heavy atom. The number of amides is 1. The van der Waals surface area contributed by atoms with E-state index in [2.05, 4.69) is 70.9 Å². The highest BCUT2D eigenvalue weighted by Gasteiger charge is 2.41. The van der Waals surface area contributed by atoms with Crippen molar-refractivity contribution in [3.63, 3.8) is 0 Å². The first-order chi connectivity index (χ1) is 12.8. The van der Waals surface area contributed by atoms with Crippen LogP contribution in [0.2, 0.25) is 0 Å². The maximum atomic E-state index is 12.9. The molecule has 1 N–H and O–H groups in total. The third kappa shape index (κ3) is 4.53. The lowest BCUT2D eigenvalue weighted by Crippen LogP contribution is -2.52. The Morgan fingerprint density at radius 3 is 2.22 bits per heavy atom. The zero-order valence-electron chi connectivity index (χ0n) is 15.8. The van der Waals surface area contributed by atoms with Crippen molar-refractivity contribution < 1.29 is 4.79 Å². The predicted molar refractivity (Wildman–Crippen MR) is 112 cm³/mol. The molecule has 0 aliphatic carbocycles. The third-order valence-electron chi connectivity index (χ3n) is 6.19. The molecule has 0 bridgehead atoms. The molecular weight excluding hydrogens is 356 g/mol. The quantitative estimate of drug-likeness (QED) is 0.848. The highest BCUT2D eigenvalue weighted by molar-refractivity contribution is 5.85. The zero-order chi connectivity index (χ0) is 17.8. The highest BCUT2D eigenvalue weighted by Crippen LogP contribution is 2.41. The van der Waals surface area contributed by atoms with Gasteiger partial charge in [0, 0.05) is 13.0 Å². The molecular formula is C23H29ClN2O. The lowest BCUT2D eigenvalue weighted by molar-refractivity contribution is -0.141. The third-order valence-corrected chi connectivity index (χ3v) is 6.19. The number of hydrogen-bond donors (Lipinski definition) is 1. The first-order valence-electron chi connectivity index (χ1n) is 9.85. The second-order valence-electron chi connectivity index (χ2n) is 7.89. The normalized spacial score (nSPS) is 20.1. The fourth-order valence-corrected chi connectivity index (χ4v) is 4.61. The minimum Gasteiger partial charge on any atom is -0.335 e. The van der Waals surface area contributed by atoms with Crippen LogP contribution in [0.4, 0.5) is 0 Å². The van der Waals surface area contributed by atoms with E-state index in [9.17, 15) is 4.79 Å². The van der Waals surface area contributed by atoms with Gasteiger partial charge in [-0.15, -0.1) is 12.4 Å². The van der Waals surface area contributed by atoms with Crippen molar-refractivity contribution in [2.75, 3.05) is 19.6 Å². The molecule has 2 aromatic carbocycles. The Labute approximate surface area is 168 Å². The van der Waals surface area contributed by atoms with E-state index < -0.39 is 0 Å². The summed E-state index contributed by atoms with van der Waals surface area (Å²) in [5.74, 6) is 0.318. The maximum absolute atomic E-state index is 12.9. The Hall–Kier alpha value is -1.84. The number of nitrogens with zero attached hydrogens (tertiary/aromatic N) is 1. The fraction of sp³-hybridized carbons (Fsp3) is 0.435. The number of carbonyl (C=O) groups is 1. The summed E-state index contributed by atoms with van der Waals surface area (Å²) in [4.78, 5) is 15.1. The lowest BCUT2D eigenvalue weighted by Gasteiger charge is -2.48. The Balaban J connectivity index is 0.00000210. The van der Waals surface area contributed by atoms with Crippen LogP contribution in [0.5, 0.6) is 0 Å². The summed E-state index contributed by atoms with van der Waals surface area (Å²) in [7, 11) is 0. The average molecular weight is 385 g/mol. The molecule has 2 heterocycles. The average Bonchev–Trinajstić information content (AvgIpc) is 2.71. The summed E-state index contributed by atoms with van der Waals surface area (Å²) in [6.07, 6.45) is 4.99. The predicted octanol–water partition coefficient (Wildman–Crippen LogP) is 4.38. The summed E-state index contributed by atoms with van der Waals surface area (Å²) in [5.41, 5.74) is 2.85. The number of rotatable bonds is 4. The second kappa shape index (κ2) is 8.90. The van der Waals surface area contributed by atoms with Gasteiger partial charge in [-0.25, -0.2) is 0 Å². The van der Waals surface area contributed by atoms with Gasteiger partial charge in [-0.2, -0.15) is 0 Å². The van der Waals surface area contributed by atoms with E-state index in [-0.39, 0.29) is 18.4 Å². The Bertz CT molecular complexity index is 729. The number of nitrogens with one attached hydrogen (secondary N) is 1. The number of piperidine rings is 2. The van der Waals surface area contributed by atoms with Gasteiger partial charge in [0.2, 0.25) is 5.91 Å². The van der Waals surface area contributed by atoms with E-state index in [1.807, 2.05) is 0 Å². The summed E-state index contributed by atoms with van der Waals surface area (Å²) in [6.45, 7) is 3.06. The van der Waals surface area contributed by atoms with Crippen molar-refractivity contribution in [1.29, 1.82) is 0 Å². The standard InChI is InChI=1S/C23H28N2O.ClH/c26-22-11-12-23(13-15-24-16-14-23)18-25(22)21(20-9-5-2-6-10-20)17-19-7-3-1-4-8-19;/h1-10,21,24H,11-18H2;1H.